The molecule has 1 aromatic rings. The van der Waals surface area contributed by atoms with Crippen molar-refractivity contribution in [3.05, 3.63) is 34.6 Å². The summed E-state index contributed by atoms with van der Waals surface area (Å²) in [5.41, 5.74) is 0.207. The number of carbonyl (C=O) groups excluding carboxylic acids is 2. The quantitative estimate of drug-likeness (QED) is 0.873. The van der Waals surface area contributed by atoms with Gasteiger partial charge in [0.2, 0.25) is 5.91 Å². The minimum Gasteiger partial charge on any atom is -0.466 e. The lowest BCUT2D eigenvalue weighted by Crippen LogP contribution is -2.50. The molecular weight excluding hydrogens is 297 g/mol. The first-order valence-electron chi connectivity index (χ1n) is 6.85. The third-order valence-corrected chi connectivity index (χ3v) is 4.02. The summed E-state index contributed by atoms with van der Waals surface area (Å²) in [6.45, 7) is 3.64. The molecule has 0 unspecified atom stereocenters. The van der Waals surface area contributed by atoms with Crippen molar-refractivity contribution in [1.82, 2.24) is 5.32 Å². The van der Waals surface area contributed by atoms with E-state index in [1.165, 1.54) is 12.1 Å². The number of halogens is 2. The molecular formula is C15H17ClFNO3. The number of piperidine rings is 1. The second-order valence-corrected chi connectivity index (χ2v) is 5.49. The van der Waals surface area contributed by atoms with Gasteiger partial charge in [0.05, 0.1) is 12.5 Å². The Morgan fingerprint density at radius 2 is 2.24 bits per heavy atom. The van der Waals surface area contributed by atoms with E-state index in [4.69, 9.17) is 16.3 Å². The first kappa shape index (κ1) is 15.8. The molecule has 1 saturated heterocycles. The van der Waals surface area contributed by atoms with Gasteiger partial charge in [-0.1, -0.05) is 17.7 Å². The molecule has 2 rings (SSSR count). The van der Waals surface area contributed by atoms with Gasteiger partial charge in [-0.25, -0.2) is 4.39 Å². The molecule has 0 saturated carbocycles. The van der Waals surface area contributed by atoms with E-state index >= 15 is 0 Å². The molecule has 1 heterocycles. The Morgan fingerprint density at radius 3 is 2.86 bits per heavy atom. The van der Waals surface area contributed by atoms with Crippen molar-refractivity contribution in [2.45, 2.75) is 32.2 Å². The Bertz CT molecular complexity index is 544. The van der Waals surface area contributed by atoms with Gasteiger partial charge in [-0.2, -0.15) is 0 Å². The topological polar surface area (TPSA) is 55.4 Å². The van der Waals surface area contributed by atoms with Crippen LogP contribution in [0, 0.1) is 11.7 Å². The van der Waals surface area contributed by atoms with Gasteiger partial charge in [0.25, 0.3) is 0 Å². The molecule has 6 heteroatoms. The van der Waals surface area contributed by atoms with Crippen LogP contribution in [-0.4, -0.2) is 24.5 Å². The fourth-order valence-corrected chi connectivity index (χ4v) is 3.13. The zero-order valence-corrected chi connectivity index (χ0v) is 12.6. The van der Waals surface area contributed by atoms with E-state index in [0.29, 0.717) is 0 Å². The Hall–Kier alpha value is -1.62. The summed E-state index contributed by atoms with van der Waals surface area (Å²) in [5.74, 6) is -2.47. The second kappa shape index (κ2) is 6.43. The molecule has 0 aromatic heterocycles. The van der Waals surface area contributed by atoms with Crippen molar-refractivity contribution in [1.29, 1.82) is 0 Å². The van der Waals surface area contributed by atoms with Crippen molar-refractivity contribution >= 4 is 23.5 Å². The zero-order chi connectivity index (χ0) is 15.6. The Morgan fingerprint density at radius 1 is 1.52 bits per heavy atom. The van der Waals surface area contributed by atoms with Crippen molar-refractivity contribution in [2.24, 2.45) is 5.92 Å². The highest BCUT2D eigenvalue weighted by Gasteiger charge is 2.42. The minimum absolute atomic E-state index is 0.00841. The van der Waals surface area contributed by atoms with E-state index < -0.39 is 29.7 Å². The summed E-state index contributed by atoms with van der Waals surface area (Å²) in [4.78, 5) is 24.0. The summed E-state index contributed by atoms with van der Waals surface area (Å²) in [5, 5.41) is 2.92. The highest BCUT2D eigenvalue weighted by atomic mass is 35.5. The molecule has 1 aliphatic heterocycles. The fourth-order valence-electron chi connectivity index (χ4n) is 2.83. The largest absolute Gasteiger partial charge is 0.466 e. The van der Waals surface area contributed by atoms with Crippen LogP contribution in [-0.2, 0) is 14.3 Å². The normalized spacial score (nSPS) is 25.3. The number of carbonyl (C=O) groups is 2. The van der Waals surface area contributed by atoms with Crippen LogP contribution >= 0.6 is 11.6 Å². The average molecular weight is 314 g/mol. The summed E-state index contributed by atoms with van der Waals surface area (Å²) >= 11 is 6.08. The van der Waals surface area contributed by atoms with Crippen molar-refractivity contribution < 1.29 is 18.7 Å². The fraction of sp³-hybridized carbons (Fsp3) is 0.467. The van der Waals surface area contributed by atoms with E-state index in [2.05, 4.69) is 5.32 Å². The molecule has 1 fully saturated rings. The van der Waals surface area contributed by atoms with E-state index in [-0.39, 0.29) is 29.5 Å². The zero-order valence-electron chi connectivity index (χ0n) is 11.9. The summed E-state index contributed by atoms with van der Waals surface area (Å²) in [6.07, 6.45) is 0.00841. The van der Waals surface area contributed by atoms with Crippen molar-refractivity contribution in [3.63, 3.8) is 0 Å². The van der Waals surface area contributed by atoms with Crippen LogP contribution < -0.4 is 5.32 Å². The van der Waals surface area contributed by atoms with Crippen LogP contribution in [0.3, 0.4) is 0 Å². The van der Waals surface area contributed by atoms with E-state index in [0.717, 1.165) is 0 Å². The van der Waals surface area contributed by atoms with Gasteiger partial charge in [0.1, 0.15) is 5.82 Å². The molecule has 0 bridgehead atoms. The Kier molecular flexibility index (Phi) is 4.83. The number of rotatable bonds is 3. The van der Waals surface area contributed by atoms with Crippen LogP contribution in [0.2, 0.25) is 5.02 Å². The maximum atomic E-state index is 14.1. The molecule has 1 aromatic carbocycles. The molecule has 1 N–H and O–H groups in total. The van der Waals surface area contributed by atoms with Gasteiger partial charge in [-0.3, -0.25) is 9.59 Å². The Balaban J connectivity index is 2.45. The molecule has 1 aliphatic rings. The van der Waals surface area contributed by atoms with Crippen LogP contribution in [0.25, 0.3) is 0 Å². The third-order valence-electron chi connectivity index (χ3n) is 3.70. The van der Waals surface area contributed by atoms with Gasteiger partial charge >= 0.3 is 5.97 Å². The second-order valence-electron chi connectivity index (χ2n) is 5.08. The van der Waals surface area contributed by atoms with Gasteiger partial charge < -0.3 is 10.1 Å². The molecule has 1 amide bonds. The smallest absolute Gasteiger partial charge is 0.311 e. The number of amides is 1. The summed E-state index contributed by atoms with van der Waals surface area (Å²) in [7, 11) is 0. The third kappa shape index (κ3) is 3.18. The van der Waals surface area contributed by atoms with Gasteiger partial charge in [-0.15, -0.1) is 0 Å². The summed E-state index contributed by atoms with van der Waals surface area (Å²) < 4.78 is 19.2. The molecule has 114 valence electrons. The highest BCUT2D eigenvalue weighted by molar-refractivity contribution is 6.31. The molecule has 0 radical (unpaired) electrons. The first-order valence-corrected chi connectivity index (χ1v) is 7.23. The molecule has 21 heavy (non-hydrogen) atoms. The van der Waals surface area contributed by atoms with Crippen molar-refractivity contribution in [3.8, 4) is 0 Å². The lowest BCUT2D eigenvalue weighted by atomic mass is 9.76. The lowest BCUT2D eigenvalue weighted by molar-refractivity contribution is -0.151. The van der Waals surface area contributed by atoms with Gasteiger partial charge in [0, 0.05) is 29.0 Å². The SMILES string of the molecule is CCOC(=O)[C@@H]1[C@@H](c2c(F)cccc2Cl)CC(=O)N[C@@H]1C. The lowest BCUT2D eigenvalue weighted by Gasteiger charge is -2.35. The number of esters is 1. The number of benzene rings is 1. The molecule has 3 atom stereocenters. The average Bonchev–Trinajstić information content (AvgIpc) is 2.37. The Labute approximate surface area is 127 Å². The predicted octanol–water partition coefficient (Wildman–Crippen LogP) is 2.65. The highest BCUT2D eigenvalue weighted by Crippen LogP contribution is 2.39. The molecule has 0 spiro atoms. The molecule has 0 aliphatic carbocycles. The van der Waals surface area contributed by atoms with Crippen LogP contribution in [0.15, 0.2) is 18.2 Å². The minimum atomic E-state index is -0.656. The maximum Gasteiger partial charge on any atom is 0.311 e. The number of ether oxygens (including phenoxy) is 1. The van der Waals surface area contributed by atoms with Crippen molar-refractivity contribution in [2.75, 3.05) is 6.61 Å². The van der Waals surface area contributed by atoms with Crippen LogP contribution in [0.1, 0.15) is 31.7 Å². The first-order chi connectivity index (χ1) is 9.95. The predicted molar refractivity (Wildman–Crippen MR) is 76.5 cm³/mol. The van der Waals surface area contributed by atoms with Gasteiger partial charge in [-0.05, 0) is 26.0 Å². The molecule has 4 nitrogen and oxygen atoms in total. The maximum absolute atomic E-state index is 14.1. The van der Waals surface area contributed by atoms with E-state index in [1.807, 2.05) is 0 Å². The number of nitrogens with one attached hydrogen (secondary N) is 1. The van der Waals surface area contributed by atoms with Crippen LogP contribution in [0.5, 0.6) is 0 Å². The number of hydrogen-bond donors (Lipinski definition) is 1. The van der Waals surface area contributed by atoms with E-state index in [1.54, 1.807) is 19.9 Å². The standard InChI is InChI=1S/C15H17ClFNO3/c1-3-21-15(20)13-8(2)18-12(19)7-9(13)14-10(16)5-4-6-11(14)17/h4-6,8-9,13H,3,7H2,1-2H3,(H,18,19)/t8-,9+,13+/m1/s1. The van der Waals surface area contributed by atoms with E-state index in [9.17, 15) is 14.0 Å². The van der Waals surface area contributed by atoms with Crippen LogP contribution in [0.4, 0.5) is 4.39 Å². The van der Waals surface area contributed by atoms with Gasteiger partial charge in [0.15, 0.2) is 0 Å². The monoisotopic (exact) mass is 313 g/mol. The number of hydrogen-bond acceptors (Lipinski definition) is 3. The summed E-state index contributed by atoms with van der Waals surface area (Å²) in [6, 6.07) is 3.89.